The van der Waals surface area contributed by atoms with Crippen LogP contribution in [0.4, 0.5) is 0 Å². The average Bonchev–Trinajstić information content (AvgIpc) is 2.97. The van der Waals surface area contributed by atoms with Crippen LogP contribution in [0.15, 0.2) is 47.3 Å². The summed E-state index contributed by atoms with van der Waals surface area (Å²) in [5, 5.41) is 6.88. The van der Waals surface area contributed by atoms with Crippen molar-refractivity contribution in [3.63, 3.8) is 0 Å². The molecule has 2 aromatic heterocycles. The maximum Gasteiger partial charge on any atom is 0.264 e. The van der Waals surface area contributed by atoms with Crippen molar-refractivity contribution in [2.24, 2.45) is 0 Å². The molecular weight excluding hydrogens is 326 g/mol. The first-order chi connectivity index (χ1) is 11.5. The molecule has 0 spiro atoms. The Morgan fingerprint density at radius 3 is 2.50 bits per heavy atom. The predicted octanol–water partition coefficient (Wildman–Crippen LogP) is 3.44. The molecule has 0 saturated heterocycles. The van der Waals surface area contributed by atoms with Crippen LogP contribution in [0.1, 0.15) is 45.8 Å². The van der Waals surface area contributed by atoms with Crippen molar-refractivity contribution in [3.05, 3.63) is 86.0 Å². The second kappa shape index (κ2) is 6.45. The zero-order valence-electron chi connectivity index (χ0n) is 13.3. The number of nitrogens with one attached hydrogen (secondary N) is 2. The van der Waals surface area contributed by atoms with Crippen molar-refractivity contribution in [1.29, 1.82) is 0 Å². The topological polar surface area (TPSA) is 78.6 Å². The van der Waals surface area contributed by atoms with Gasteiger partial charge in [-0.1, -0.05) is 48.4 Å². The summed E-state index contributed by atoms with van der Waals surface area (Å²) in [6.45, 7) is 3.87. The highest BCUT2D eigenvalue weighted by molar-refractivity contribution is 6.32. The first-order valence-electron chi connectivity index (χ1n) is 7.51. The molecule has 0 bridgehead atoms. The van der Waals surface area contributed by atoms with E-state index in [1.807, 2.05) is 26.0 Å². The molecule has 0 aliphatic heterocycles. The minimum absolute atomic E-state index is 0.121. The van der Waals surface area contributed by atoms with Gasteiger partial charge in [0.1, 0.15) is 0 Å². The Hall–Kier alpha value is -2.66. The van der Waals surface area contributed by atoms with Crippen LogP contribution in [0.25, 0.3) is 0 Å². The van der Waals surface area contributed by atoms with Crippen molar-refractivity contribution in [2.75, 3.05) is 0 Å². The third-order valence-electron chi connectivity index (χ3n) is 3.93. The number of hydrogen-bond donors (Lipinski definition) is 2. The minimum atomic E-state index is -0.265. The summed E-state index contributed by atoms with van der Waals surface area (Å²) in [5.74, 6) is -0.307. The molecule has 3 rings (SSSR count). The van der Waals surface area contributed by atoms with Crippen LogP contribution >= 0.6 is 11.6 Å². The van der Waals surface area contributed by atoms with Gasteiger partial charge in [-0.3, -0.25) is 9.59 Å². The molecule has 24 heavy (non-hydrogen) atoms. The number of carbonyl (C=O) groups is 1. The van der Waals surface area contributed by atoms with E-state index in [1.54, 1.807) is 24.3 Å². The predicted molar refractivity (Wildman–Crippen MR) is 92.8 cm³/mol. The molecule has 3 aromatic rings. The summed E-state index contributed by atoms with van der Waals surface area (Å²) in [4.78, 5) is 26.8. The minimum Gasteiger partial charge on any atom is -0.354 e. The number of carbonyl (C=O) groups excluding carboxylic acids is 1. The smallest absolute Gasteiger partial charge is 0.264 e. The Balaban J connectivity index is 1.92. The molecule has 0 fully saturated rings. The van der Waals surface area contributed by atoms with Gasteiger partial charge in [0.15, 0.2) is 0 Å². The van der Waals surface area contributed by atoms with Crippen LogP contribution in [0.3, 0.4) is 0 Å². The van der Waals surface area contributed by atoms with Gasteiger partial charge in [-0.15, -0.1) is 0 Å². The molecular formula is C18H16ClN3O2. The summed E-state index contributed by atoms with van der Waals surface area (Å²) in [6.07, 6.45) is 0. The molecule has 0 amide bonds. The molecule has 1 unspecified atom stereocenters. The lowest BCUT2D eigenvalue weighted by Gasteiger charge is -2.09. The first-order valence-corrected chi connectivity index (χ1v) is 7.89. The SMILES string of the molecule is Cc1ccc(C(=O)c2cc(Cl)c(C(C)c3ccc(=O)[nH]n3)[nH]2)cc1. The number of aryl methyl sites for hydroxylation is 1. The zero-order chi connectivity index (χ0) is 17.3. The van der Waals surface area contributed by atoms with Gasteiger partial charge in [0.05, 0.1) is 16.4 Å². The molecule has 0 saturated carbocycles. The number of aromatic nitrogens is 3. The highest BCUT2D eigenvalue weighted by atomic mass is 35.5. The van der Waals surface area contributed by atoms with E-state index in [-0.39, 0.29) is 17.3 Å². The molecule has 0 aliphatic carbocycles. The highest BCUT2D eigenvalue weighted by Gasteiger charge is 2.20. The van der Waals surface area contributed by atoms with Crippen LogP contribution in [0.5, 0.6) is 0 Å². The second-order valence-electron chi connectivity index (χ2n) is 5.71. The normalized spacial score (nSPS) is 12.1. The Labute approximate surface area is 143 Å². The molecule has 0 aliphatic rings. The molecule has 2 heterocycles. The Morgan fingerprint density at radius 1 is 1.17 bits per heavy atom. The van der Waals surface area contributed by atoms with Gasteiger partial charge in [0, 0.05) is 23.2 Å². The average molecular weight is 342 g/mol. The van der Waals surface area contributed by atoms with E-state index < -0.39 is 0 Å². The zero-order valence-corrected chi connectivity index (χ0v) is 14.0. The molecule has 0 radical (unpaired) electrons. The van der Waals surface area contributed by atoms with Crippen LogP contribution < -0.4 is 5.56 Å². The van der Waals surface area contributed by atoms with E-state index in [9.17, 15) is 9.59 Å². The van der Waals surface area contributed by atoms with Crippen molar-refractivity contribution in [2.45, 2.75) is 19.8 Å². The Morgan fingerprint density at radius 2 is 1.88 bits per heavy atom. The Kier molecular flexibility index (Phi) is 4.36. The fourth-order valence-electron chi connectivity index (χ4n) is 2.49. The van der Waals surface area contributed by atoms with Crippen molar-refractivity contribution in [3.8, 4) is 0 Å². The number of aromatic amines is 2. The number of hydrogen-bond acceptors (Lipinski definition) is 3. The van der Waals surface area contributed by atoms with Crippen molar-refractivity contribution in [1.82, 2.24) is 15.2 Å². The lowest BCUT2D eigenvalue weighted by Crippen LogP contribution is -2.10. The van der Waals surface area contributed by atoms with Gasteiger partial charge >= 0.3 is 0 Å². The van der Waals surface area contributed by atoms with Gasteiger partial charge in [0.2, 0.25) is 5.78 Å². The summed E-state index contributed by atoms with van der Waals surface area (Å²) in [6, 6.07) is 12.0. The number of rotatable bonds is 4. The number of benzene rings is 1. The monoisotopic (exact) mass is 341 g/mol. The molecule has 2 N–H and O–H groups in total. The van der Waals surface area contributed by atoms with Crippen LogP contribution in [0.2, 0.25) is 5.02 Å². The molecule has 5 nitrogen and oxygen atoms in total. The highest BCUT2D eigenvalue weighted by Crippen LogP contribution is 2.29. The maximum atomic E-state index is 12.6. The van der Waals surface area contributed by atoms with Crippen molar-refractivity contribution < 1.29 is 4.79 Å². The molecule has 6 heteroatoms. The lowest BCUT2D eigenvalue weighted by atomic mass is 10.0. The second-order valence-corrected chi connectivity index (χ2v) is 6.11. The van der Waals surface area contributed by atoms with E-state index in [2.05, 4.69) is 15.2 Å². The van der Waals surface area contributed by atoms with Gasteiger partial charge in [0.25, 0.3) is 5.56 Å². The van der Waals surface area contributed by atoms with Gasteiger partial charge in [-0.2, -0.15) is 5.10 Å². The Bertz CT molecular complexity index is 921. The van der Waals surface area contributed by atoms with Crippen LogP contribution in [-0.4, -0.2) is 21.0 Å². The van der Waals surface area contributed by atoms with E-state index in [4.69, 9.17) is 11.6 Å². The molecule has 122 valence electrons. The molecule has 1 aromatic carbocycles. The first kappa shape index (κ1) is 16.2. The van der Waals surface area contributed by atoms with Crippen LogP contribution in [0, 0.1) is 6.92 Å². The van der Waals surface area contributed by atoms with E-state index in [0.717, 1.165) is 5.56 Å². The van der Waals surface area contributed by atoms with Gasteiger partial charge < -0.3 is 4.98 Å². The molecule has 1 atom stereocenters. The van der Waals surface area contributed by atoms with Gasteiger partial charge in [-0.05, 0) is 19.1 Å². The number of ketones is 1. The third kappa shape index (κ3) is 3.16. The fourth-order valence-corrected chi connectivity index (χ4v) is 2.81. The quantitative estimate of drug-likeness (QED) is 0.713. The lowest BCUT2D eigenvalue weighted by molar-refractivity contribution is 0.103. The van der Waals surface area contributed by atoms with Crippen molar-refractivity contribution >= 4 is 17.4 Å². The van der Waals surface area contributed by atoms with Gasteiger partial charge in [-0.25, -0.2) is 5.10 Å². The van der Waals surface area contributed by atoms with E-state index in [0.29, 0.717) is 27.7 Å². The summed E-state index contributed by atoms with van der Waals surface area (Å²) >= 11 is 6.29. The third-order valence-corrected chi connectivity index (χ3v) is 4.25. The largest absolute Gasteiger partial charge is 0.354 e. The maximum absolute atomic E-state index is 12.6. The van der Waals surface area contributed by atoms with E-state index in [1.165, 1.54) is 6.07 Å². The summed E-state index contributed by atoms with van der Waals surface area (Å²) in [7, 11) is 0. The number of nitrogens with zero attached hydrogens (tertiary/aromatic N) is 1. The van der Waals surface area contributed by atoms with E-state index >= 15 is 0 Å². The number of H-pyrrole nitrogens is 2. The standard InChI is InChI=1S/C18H16ClN3O2/c1-10-3-5-12(6-4-10)18(24)15-9-13(19)17(20-15)11(2)14-7-8-16(23)22-21-14/h3-9,11,20H,1-2H3,(H,22,23). The number of halogens is 1. The van der Waals surface area contributed by atoms with Crippen LogP contribution in [-0.2, 0) is 0 Å². The summed E-state index contributed by atoms with van der Waals surface area (Å²) < 4.78 is 0. The summed E-state index contributed by atoms with van der Waals surface area (Å²) in [5.41, 5.74) is 3.20. The fraction of sp³-hybridized carbons (Fsp3) is 0.167.